The van der Waals surface area contributed by atoms with Crippen molar-refractivity contribution in [2.45, 2.75) is 5.16 Å². The van der Waals surface area contributed by atoms with E-state index in [1.807, 2.05) is 0 Å². The van der Waals surface area contributed by atoms with E-state index in [4.69, 9.17) is 4.74 Å². The zero-order valence-electron chi connectivity index (χ0n) is 14.1. The van der Waals surface area contributed by atoms with Crippen molar-refractivity contribution in [3.63, 3.8) is 0 Å². The van der Waals surface area contributed by atoms with Crippen LogP contribution in [0.2, 0.25) is 0 Å². The van der Waals surface area contributed by atoms with E-state index < -0.39 is 10.0 Å². The Bertz CT molecular complexity index is 869. The summed E-state index contributed by atoms with van der Waals surface area (Å²) in [7, 11) is -0.278. The van der Waals surface area contributed by atoms with Crippen LogP contribution in [0.25, 0.3) is 0 Å². The average Bonchev–Trinajstić information content (AvgIpc) is 3.29. The number of methoxy groups -OCH3 is 1. The summed E-state index contributed by atoms with van der Waals surface area (Å²) >= 11 is 0. The molecule has 2 fully saturated rings. The minimum absolute atomic E-state index is 0.0976. The zero-order valence-corrected chi connectivity index (χ0v) is 14.9. The van der Waals surface area contributed by atoms with Crippen LogP contribution in [0.5, 0.6) is 5.88 Å². The van der Waals surface area contributed by atoms with Crippen molar-refractivity contribution >= 4 is 16.0 Å². The molecule has 2 aromatic rings. The van der Waals surface area contributed by atoms with Crippen molar-refractivity contribution in [1.82, 2.24) is 23.8 Å². The molecule has 4 heterocycles. The van der Waals surface area contributed by atoms with Gasteiger partial charge in [-0.3, -0.25) is 0 Å². The first-order valence-corrected chi connectivity index (χ1v) is 9.52. The van der Waals surface area contributed by atoms with Gasteiger partial charge in [-0.1, -0.05) is 0 Å². The Morgan fingerprint density at radius 1 is 1.12 bits per heavy atom. The van der Waals surface area contributed by atoms with Gasteiger partial charge in [-0.2, -0.15) is 9.29 Å². The highest BCUT2D eigenvalue weighted by atomic mass is 32.2. The van der Waals surface area contributed by atoms with Gasteiger partial charge in [0, 0.05) is 57.9 Å². The molecule has 0 aliphatic carbocycles. The van der Waals surface area contributed by atoms with Crippen molar-refractivity contribution in [2.24, 2.45) is 18.9 Å². The second-order valence-electron chi connectivity index (χ2n) is 6.47. The third-order valence-corrected chi connectivity index (χ3v) is 6.74. The number of imidazole rings is 1. The average molecular weight is 364 g/mol. The van der Waals surface area contributed by atoms with Crippen LogP contribution >= 0.6 is 0 Å². The molecule has 0 saturated carbocycles. The lowest BCUT2D eigenvalue weighted by Gasteiger charge is -2.21. The van der Waals surface area contributed by atoms with E-state index in [0.717, 1.165) is 13.1 Å². The van der Waals surface area contributed by atoms with Gasteiger partial charge in [-0.05, 0) is 11.8 Å². The maximum absolute atomic E-state index is 12.8. The van der Waals surface area contributed by atoms with Crippen molar-refractivity contribution in [2.75, 3.05) is 38.2 Å². The van der Waals surface area contributed by atoms with Crippen LogP contribution in [0.4, 0.5) is 5.95 Å². The standard InChI is InChI=1S/C15H20N6O3S/c1-19-6-5-17-15(19)25(22,23)21-9-11-7-20(8-12(11)10-21)14-16-4-3-13(18-14)24-2/h3-6,11-12H,7-10H2,1-2H3. The van der Waals surface area contributed by atoms with Crippen LogP contribution in [-0.2, 0) is 17.1 Å². The molecular formula is C15H20N6O3S. The van der Waals surface area contributed by atoms with Crippen molar-refractivity contribution in [1.29, 1.82) is 0 Å². The van der Waals surface area contributed by atoms with Crippen LogP contribution in [0.3, 0.4) is 0 Å². The van der Waals surface area contributed by atoms with Gasteiger partial charge in [0.05, 0.1) is 7.11 Å². The molecule has 0 aromatic carbocycles. The smallest absolute Gasteiger partial charge is 0.277 e. The fourth-order valence-electron chi connectivity index (χ4n) is 3.62. The maximum atomic E-state index is 12.8. The van der Waals surface area contributed by atoms with Gasteiger partial charge in [0.1, 0.15) is 0 Å². The largest absolute Gasteiger partial charge is 0.481 e. The molecule has 25 heavy (non-hydrogen) atoms. The van der Waals surface area contributed by atoms with Gasteiger partial charge in [0.25, 0.3) is 10.0 Å². The number of hydrogen-bond donors (Lipinski definition) is 0. The normalized spacial score (nSPS) is 23.8. The van der Waals surface area contributed by atoms with Crippen LogP contribution in [-0.4, -0.2) is 65.5 Å². The molecule has 0 amide bonds. The van der Waals surface area contributed by atoms with E-state index in [-0.39, 0.29) is 17.0 Å². The number of anilines is 1. The predicted octanol–water partition coefficient (Wildman–Crippen LogP) is -0.0244. The van der Waals surface area contributed by atoms with E-state index in [9.17, 15) is 8.42 Å². The van der Waals surface area contributed by atoms with E-state index in [1.165, 1.54) is 6.20 Å². The summed E-state index contributed by atoms with van der Waals surface area (Å²) in [4.78, 5) is 14.8. The fourth-order valence-corrected chi connectivity index (χ4v) is 5.25. The summed E-state index contributed by atoms with van der Waals surface area (Å²) in [6.45, 7) is 2.48. The maximum Gasteiger partial charge on any atom is 0.277 e. The van der Waals surface area contributed by atoms with Gasteiger partial charge in [0.2, 0.25) is 17.0 Å². The lowest BCUT2D eigenvalue weighted by molar-refractivity contribution is 0.396. The number of hydrogen-bond acceptors (Lipinski definition) is 7. The molecule has 2 aromatic heterocycles. The topological polar surface area (TPSA) is 93.5 Å². The Hall–Kier alpha value is -2.20. The molecule has 0 bridgehead atoms. The molecule has 0 N–H and O–H groups in total. The summed E-state index contributed by atoms with van der Waals surface area (Å²) in [5.74, 6) is 1.70. The molecule has 2 atom stereocenters. The van der Waals surface area contributed by atoms with Crippen LogP contribution in [0.1, 0.15) is 0 Å². The number of nitrogens with zero attached hydrogens (tertiary/aromatic N) is 6. The third kappa shape index (κ3) is 2.74. The Morgan fingerprint density at radius 2 is 1.84 bits per heavy atom. The molecule has 4 rings (SSSR count). The molecule has 2 aliphatic rings. The second kappa shape index (κ2) is 5.95. The Morgan fingerprint density at radius 3 is 2.44 bits per heavy atom. The monoisotopic (exact) mass is 364 g/mol. The van der Waals surface area contributed by atoms with Crippen LogP contribution in [0, 0.1) is 11.8 Å². The minimum Gasteiger partial charge on any atom is -0.481 e. The number of fused-ring (bicyclic) bond motifs is 1. The molecule has 2 saturated heterocycles. The molecule has 10 heteroatoms. The number of aryl methyl sites for hydroxylation is 1. The lowest BCUT2D eigenvalue weighted by Crippen LogP contribution is -2.34. The van der Waals surface area contributed by atoms with Crippen molar-refractivity contribution < 1.29 is 13.2 Å². The molecule has 0 spiro atoms. The van der Waals surface area contributed by atoms with Crippen molar-refractivity contribution in [3.05, 3.63) is 24.7 Å². The molecule has 0 radical (unpaired) electrons. The summed E-state index contributed by atoms with van der Waals surface area (Å²) in [6.07, 6.45) is 4.82. The first kappa shape index (κ1) is 16.3. The number of sulfonamides is 1. The first-order chi connectivity index (χ1) is 12.0. The van der Waals surface area contributed by atoms with Crippen LogP contribution in [0.15, 0.2) is 29.8 Å². The van der Waals surface area contributed by atoms with E-state index >= 15 is 0 Å². The zero-order chi connectivity index (χ0) is 17.6. The van der Waals surface area contributed by atoms with Gasteiger partial charge in [-0.25, -0.2) is 18.4 Å². The van der Waals surface area contributed by atoms with Crippen LogP contribution < -0.4 is 9.64 Å². The van der Waals surface area contributed by atoms with Gasteiger partial charge >= 0.3 is 0 Å². The predicted molar refractivity (Wildman–Crippen MR) is 89.7 cm³/mol. The quantitative estimate of drug-likeness (QED) is 0.752. The second-order valence-corrected chi connectivity index (χ2v) is 8.30. The fraction of sp³-hybridized carbons (Fsp3) is 0.533. The van der Waals surface area contributed by atoms with E-state index in [0.29, 0.717) is 24.9 Å². The van der Waals surface area contributed by atoms with E-state index in [1.54, 1.807) is 41.5 Å². The minimum atomic E-state index is -3.55. The molecular weight excluding hydrogens is 344 g/mol. The number of aromatic nitrogens is 4. The lowest BCUT2D eigenvalue weighted by atomic mass is 10.0. The van der Waals surface area contributed by atoms with Gasteiger partial charge in [-0.15, -0.1) is 0 Å². The molecule has 134 valence electrons. The summed E-state index contributed by atoms with van der Waals surface area (Å²) in [6, 6.07) is 1.71. The van der Waals surface area contributed by atoms with Crippen molar-refractivity contribution in [3.8, 4) is 5.88 Å². The van der Waals surface area contributed by atoms with Gasteiger partial charge in [0.15, 0.2) is 0 Å². The molecule has 2 aliphatic heterocycles. The third-order valence-electron chi connectivity index (χ3n) is 4.91. The Kier molecular flexibility index (Phi) is 3.88. The summed E-state index contributed by atoms with van der Waals surface area (Å²) in [5, 5.41) is 0.0976. The first-order valence-electron chi connectivity index (χ1n) is 8.08. The molecule has 9 nitrogen and oxygen atoms in total. The summed E-state index contributed by atoms with van der Waals surface area (Å²) in [5.41, 5.74) is 0. The van der Waals surface area contributed by atoms with E-state index in [2.05, 4.69) is 19.9 Å². The highest BCUT2D eigenvalue weighted by Crippen LogP contribution is 2.35. The summed E-state index contributed by atoms with van der Waals surface area (Å²) < 4.78 is 33.8. The number of rotatable bonds is 4. The highest BCUT2D eigenvalue weighted by molar-refractivity contribution is 7.89. The van der Waals surface area contributed by atoms with Gasteiger partial charge < -0.3 is 14.2 Å². The Balaban J connectivity index is 1.48. The highest BCUT2D eigenvalue weighted by Gasteiger charge is 2.45. The molecule has 2 unspecified atom stereocenters. The SMILES string of the molecule is COc1ccnc(N2CC3CN(S(=O)(=O)c4nccn4C)CC3C2)n1. The number of ether oxygens (including phenoxy) is 1. The Labute approximate surface area is 146 Å².